The van der Waals surface area contributed by atoms with Crippen LogP contribution in [0.4, 0.5) is 0 Å². The molecule has 2 aliphatic carbocycles. The summed E-state index contributed by atoms with van der Waals surface area (Å²) in [6.45, 7) is 10.4. The number of fused-ring (bicyclic) bond motifs is 9. The quantitative estimate of drug-likeness (QED) is 0.160. The van der Waals surface area contributed by atoms with Gasteiger partial charge in [0.05, 0.1) is 5.41 Å². The van der Waals surface area contributed by atoms with Crippen LogP contribution in [0.2, 0.25) is 0 Å². The summed E-state index contributed by atoms with van der Waals surface area (Å²) >= 11 is 0. The fourth-order valence-electron chi connectivity index (χ4n) is 7.39. The maximum Gasteiger partial charge on any atom is 0.0719 e. The highest BCUT2D eigenvalue weighted by atomic mass is 14.6. The highest BCUT2D eigenvalue weighted by Crippen LogP contribution is 2.62. The molecule has 5 aromatic rings. The van der Waals surface area contributed by atoms with Gasteiger partial charge in [0.2, 0.25) is 0 Å². The molecule has 2 aliphatic rings. The predicted molar refractivity (Wildman–Crippen MR) is 174 cm³/mol. The minimum Gasteiger partial charge on any atom is -0.272 e. The molecule has 5 aromatic carbocycles. The summed E-state index contributed by atoms with van der Waals surface area (Å²) in [5.74, 6) is 0. The van der Waals surface area contributed by atoms with Gasteiger partial charge in [-0.3, -0.25) is 4.99 Å². The number of benzene rings is 5. The van der Waals surface area contributed by atoms with E-state index in [-0.39, 0.29) is 10.8 Å². The molecule has 0 fully saturated rings. The first-order chi connectivity index (χ1) is 20.0. The molecular weight excluding hydrogens is 494 g/mol. The van der Waals surface area contributed by atoms with E-state index in [1.807, 2.05) is 6.08 Å². The van der Waals surface area contributed by atoms with Crippen molar-refractivity contribution >= 4 is 12.3 Å². The van der Waals surface area contributed by atoms with Crippen molar-refractivity contribution in [1.82, 2.24) is 0 Å². The van der Waals surface area contributed by atoms with Gasteiger partial charge < -0.3 is 0 Å². The van der Waals surface area contributed by atoms with Gasteiger partial charge in [0.25, 0.3) is 0 Å². The zero-order chi connectivity index (χ0) is 28.2. The van der Waals surface area contributed by atoms with Crippen molar-refractivity contribution in [2.75, 3.05) is 0 Å². The first-order valence-electron chi connectivity index (χ1n) is 14.4. The SMILES string of the molecule is C=N/C=C\C(=C/C)c1ccc(-c2ccc3c(c2)C2(c4ccccc4-c4ccccc42)c2ccccc2C3(C)C)cc1. The van der Waals surface area contributed by atoms with Crippen molar-refractivity contribution < 1.29 is 0 Å². The van der Waals surface area contributed by atoms with Gasteiger partial charge in [0.15, 0.2) is 0 Å². The number of aliphatic imine (C=N–C) groups is 1. The third kappa shape index (κ3) is 3.52. The Morgan fingerprint density at radius 1 is 0.610 bits per heavy atom. The van der Waals surface area contributed by atoms with E-state index in [1.54, 1.807) is 6.20 Å². The smallest absolute Gasteiger partial charge is 0.0719 e. The Morgan fingerprint density at radius 2 is 1.15 bits per heavy atom. The standard InChI is InChI=1S/C40H33N/c1-5-27(24-25-41-4)28-18-20-29(21-19-28)30-22-23-36-38(26-30)40(37-17-11-10-16-35(37)39(36,2)3)33-14-8-6-12-31(33)32-13-7-9-15-34(32)40/h5-26H,4H2,1-3H3/b25-24-,27-5+. The van der Waals surface area contributed by atoms with Crippen LogP contribution in [-0.2, 0) is 10.8 Å². The monoisotopic (exact) mass is 527 g/mol. The summed E-state index contributed by atoms with van der Waals surface area (Å²) in [4.78, 5) is 3.88. The molecule has 0 N–H and O–H groups in total. The lowest BCUT2D eigenvalue weighted by Crippen LogP contribution is -2.40. The van der Waals surface area contributed by atoms with E-state index in [2.05, 4.69) is 154 Å². The van der Waals surface area contributed by atoms with Crippen molar-refractivity contribution in [3.63, 3.8) is 0 Å². The highest BCUT2D eigenvalue weighted by Gasteiger charge is 2.53. The van der Waals surface area contributed by atoms with E-state index in [9.17, 15) is 0 Å². The number of rotatable bonds is 4. The van der Waals surface area contributed by atoms with Crippen LogP contribution in [-0.4, -0.2) is 6.72 Å². The van der Waals surface area contributed by atoms with E-state index in [1.165, 1.54) is 61.2 Å². The second-order valence-electron chi connectivity index (χ2n) is 11.6. The summed E-state index contributed by atoms with van der Waals surface area (Å²) in [6.07, 6.45) is 5.84. The molecule has 0 atom stereocenters. The molecule has 1 heteroatoms. The van der Waals surface area contributed by atoms with Crippen molar-refractivity contribution in [3.8, 4) is 22.3 Å². The summed E-state index contributed by atoms with van der Waals surface area (Å²) in [5, 5.41) is 0. The maximum absolute atomic E-state index is 3.88. The Kier molecular flexibility index (Phi) is 5.80. The normalized spacial score (nSPS) is 15.7. The Hall–Kier alpha value is -4.75. The van der Waals surface area contributed by atoms with Gasteiger partial charge in [0.1, 0.15) is 0 Å². The van der Waals surface area contributed by atoms with Crippen LogP contribution >= 0.6 is 0 Å². The lowest BCUT2D eigenvalue weighted by molar-refractivity contribution is 0.563. The van der Waals surface area contributed by atoms with Crippen molar-refractivity contribution in [1.29, 1.82) is 0 Å². The van der Waals surface area contributed by atoms with E-state index < -0.39 is 0 Å². The second kappa shape index (κ2) is 9.42. The Balaban J connectivity index is 1.50. The summed E-state index contributed by atoms with van der Waals surface area (Å²) in [7, 11) is 0. The Bertz CT molecular complexity index is 1840. The summed E-state index contributed by atoms with van der Waals surface area (Å²) in [6, 6.07) is 43.2. The fourth-order valence-corrected chi connectivity index (χ4v) is 7.39. The third-order valence-electron chi connectivity index (χ3n) is 9.28. The van der Waals surface area contributed by atoms with Crippen LogP contribution in [0.5, 0.6) is 0 Å². The molecule has 0 aromatic heterocycles. The molecule has 0 radical (unpaired) electrons. The molecule has 0 amide bonds. The average Bonchev–Trinajstić information content (AvgIpc) is 3.32. The lowest BCUT2D eigenvalue weighted by Gasteiger charge is -2.46. The van der Waals surface area contributed by atoms with E-state index >= 15 is 0 Å². The molecule has 7 rings (SSSR count). The third-order valence-corrected chi connectivity index (χ3v) is 9.28. The summed E-state index contributed by atoms with van der Waals surface area (Å²) < 4.78 is 0. The van der Waals surface area contributed by atoms with E-state index in [0.29, 0.717) is 0 Å². The first kappa shape index (κ1) is 25.2. The summed E-state index contributed by atoms with van der Waals surface area (Å²) in [5.41, 5.74) is 15.2. The second-order valence-corrected chi connectivity index (χ2v) is 11.6. The van der Waals surface area contributed by atoms with Gasteiger partial charge in [-0.2, -0.15) is 0 Å². The Morgan fingerprint density at radius 3 is 1.76 bits per heavy atom. The molecule has 0 unspecified atom stereocenters. The number of allylic oxidation sites excluding steroid dienone is 3. The zero-order valence-corrected chi connectivity index (χ0v) is 23.9. The van der Waals surface area contributed by atoms with Crippen LogP contribution in [0.25, 0.3) is 27.8 Å². The van der Waals surface area contributed by atoms with E-state index in [4.69, 9.17) is 0 Å². The van der Waals surface area contributed by atoms with Crippen LogP contribution in [0.15, 0.2) is 139 Å². The molecule has 0 bridgehead atoms. The minimum atomic E-state index is -0.370. The van der Waals surface area contributed by atoms with Crippen molar-refractivity contribution in [2.24, 2.45) is 4.99 Å². The van der Waals surface area contributed by atoms with Crippen LogP contribution in [0.3, 0.4) is 0 Å². The molecular formula is C40H33N. The van der Waals surface area contributed by atoms with Gasteiger partial charge in [-0.1, -0.05) is 129 Å². The maximum atomic E-state index is 3.88. The number of hydrogen-bond acceptors (Lipinski definition) is 1. The van der Waals surface area contributed by atoms with Gasteiger partial charge >= 0.3 is 0 Å². The topological polar surface area (TPSA) is 12.4 Å². The Labute approximate surface area is 243 Å². The van der Waals surface area contributed by atoms with Crippen molar-refractivity contribution in [2.45, 2.75) is 31.6 Å². The van der Waals surface area contributed by atoms with Crippen LogP contribution in [0.1, 0.15) is 59.7 Å². The molecule has 0 heterocycles. The van der Waals surface area contributed by atoms with Gasteiger partial charge in [0, 0.05) is 11.6 Å². The fraction of sp³-hybridized carbons (Fsp3) is 0.125. The molecule has 1 nitrogen and oxygen atoms in total. The molecule has 0 aliphatic heterocycles. The largest absolute Gasteiger partial charge is 0.272 e. The zero-order valence-electron chi connectivity index (χ0n) is 23.9. The minimum absolute atomic E-state index is 0.127. The van der Waals surface area contributed by atoms with Crippen LogP contribution < -0.4 is 0 Å². The van der Waals surface area contributed by atoms with E-state index in [0.717, 1.165) is 5.57 Å². The predicted octanol–water partition coefficient (Wildman–Crippen LogP) is 9.97. The first-order valence-corrected chi connectivity index (χ1v) is 14.4. The number of hydrogen-bond donors (Lipinski definition) is 0. The van der Waals surface area contributed by atoms with Gasteiger partial charge in [-0.25, -0.2) is 0 Å². The molecule has 0 saturated carbocycles. The molecule has 41 heavy (non-hydrogen) atoms. The number of nitrogens with zero attached hydrogens (tertiary/aromatic N) is 1. The lowest BCUT2D eigenvalue weighted by atomic mass is 9.55. The molecule has 0 saturated heterocycles. The van der Waals surface area contributed by atoms with Gasteiger partial charge in [-0.15, -0.1) is 0 Å². The molecule has 198 valence electrons. The average molecular weight is 528 g/mol. The highest BCUT2D eigenvalue weighted by molar-refractivity contribution is 5.89. The van der Waals surface area contributed by atoms with Crippen molar-refractivity contribution in [3.05, 3.63) is 173 Å². The van der Waals surface area contributed by atoms with Crippen LogP contribution in [0, 0.1) is 0 Å². The molecule has 1 spiro atoms. The van der Waals surface area contributed by atoms with Gasteiger partial charge in [-0.05, 0) is 92.6 Å².